The number of anilines is 1. The van der Waals surface area contributed by atoms with E-state index >= 15 is 0 Å². The second kappa shape index (κ2) is 10.7. The van der Waals surface area contributed by atoms with Crippen molar-refractivity contribution in [2.45, 2.75) is 52.7 Å². The number of hydrogen-bond donors (Lipinski definition) is 1. The Morgan fingerprint density at radius 1 is 1.09 bits per heavy atom. The molecule has 1 atom stereocenters. The summed E-state index contributed by atoms with van der Waals surface area (Å²) in [5.74, 6) is -0.787. The lowest BCUT2D eigenvalue weighted by molar-refractivity contribution is -0.140. The number of nitrogens with zero attached hydrogens (tertiary/aromatic N) is 2. The number of halogens is 1. The van der Waals surface area contributed by atoms with Gasteiger partial charge in [-0.3, -0.25) is 13.9 Å². The first-order chi connectivity index (χ1) is 15.2. The number of nitrogens with one attached hydrogen (secondary N) is 1. The molecular formula is C24H32BrN3O4S. The Morgan fingerprint density at radius 2 is 1.70 bits per heavy atom. The fraction of sp³-hybridized carbons (Fsp3) is 0.417. The van der Waals surface area contributed by atoms with Crippen molar-refractivity contribution in [3.05, 3.63) is 64.1 Å². The Kier molecular flexibility index (Phi) is 8.70. The summed E-state index contributed by atoms with van der Waals surface area (Å²) in [6.45, 7) is 8.87. The zero-order chi connectivity index (χ0) is 25.0. The van der Waals surface area contributed by atoms with Crippen LogP contribution >= 0.6 is 15.9 Å². The molecule has 0 saturated heterocycles. The van der Waals surface area contributed by atoms with E-state index in [0.717, 1.165) is 26.2 Å². The van der Waals surface area contributed by atoms with E-state index in [0.29, 0.717) is 5.69 Å². The maximum atomic E-state index is 13.5. The fourth-order valence-electron chi connectivity index (χ4n) is 3.21. The Balaban J connectivity index is 2.39. The third-order valence-electron chi connectivity index (χ3n) is 4.91. The normalized spacial score (nSPS) is 12.7. The first kappa shape index (κ1) is 26.9. The highest BCUT2D eigenvalue weighted by atomic mass is 79.9. The van der Waals surface area contributed by atoms with Crippen molar-refractivity contribution >= 4 is 43.5 Å². The van der Waals surface area contributed by atoms with Crippen LogP contribution in [-0.4, -0.2) is 49.5 Å². The summed E-state index contributed by atoms with van der Waals surface area (Å²) in [5, 5.41) is 2.90. The zero-order valence-corrected chi connectivity index (χ0v) is 22.3. The van der Waals surface area contributed by atoms with Crippen molar-refractivity contribution in [1.29, 1.82) is 0 Å². The van der Waals surface area contributed by atoms with Gasteiger partial charge < -0.3 is 10.2 Å². The number of hydrogen-bond acceptors (Lipinski definition) is 4. The number of amides is 2. The number of sulfonamides is 1. The van der Waals surface area contributed by atoms with Gasteiger partial charge in [0.1, 0.15) is 12.6 Å². The summed E-state index contributed by atoms with van der Waals surface area (Å²) >= 11 is 3.43. The van der Waals surface area contributed by atoms with Crippen LogP contribution in [0.25, 0.3) is 0 Å². The third kappa shape index (κ3) is 8.16. The average molecular weight is 539 g/mol. The van der Waals surface area contributed by atoms with E-state index in [1.807, 2.05) is 52.0 Å². The molecule has 180 valence electrons. The van der Waals surface area contributed by atoms with Crippen LogP contribution in [0.3, 0.4) is 0 Å². The lowest BCUT2D eigenvalue weighted by Crippen LogP contribution is -2.54. The summed E-state index contributed by atoms with van der Waals surface area (Å²) in [5.41, 5.74) is 1.71. The first-order valence-electron chi connectivity index (χ1n) is 10.6. The van der Waals surface area contributed by atoms with Crippen molar-refractivity contribution < 1.29 is 18.0 Å². The van der Waals surface area contributed by atoms with Crippen LogP contribution in [0.4, 0.5) is 5.69 Å². The van der Waals surface area contributed by atoms with E-state index in [2.05, 4.69) is 21.2 Å². The van der Waals surface area contributed by atoms with Gasteiger partial charge in [0.25, 0.3) is 0 Å². The lowest BCUT2D eigenvalue weighted by Gasteiger charge is -2.33. The molecule has 0 saturated carbocycles. The van der Waals surface area contributed by atoms with Crippen molar-refractivity contribution in [3.8, 4) is 0 Å². The van der Waals surface area contributed by atoms with E-state index in [1.165, 1.54) is 4.90 Å². The number of carbonyl (C=O) groups excluding carboxylic acids is 2. The molecule has 0 bridgehead atoms. The minimum atomic E-state index is -3.74. The highest BCUT2D eigenvalue weighted by Crippen LogP contribution is 2.20. The van der Waals surface area contributed by atoms with E-state index in [-0.39, 0.29) is 12.5 Å². The maximum absolute atomic E-state index is 13.5. The second-order valence-corrected chi connectivity index (χ2v) is 12.0. The van der Waals surface area contributed by atoms with Gasteiger partial charge in [0.05, 0.1) is 11.9 Å². The van der Waals surface area contributed by atoms with Crippen LogP contribution in [0.1, 0.15) is 38.8 Å². The van der Waals surface area contributed by atoms with Crippen LogP contribution < -0.4 is 9.62 Å². The van der Waals surface area contributed by atoms with Gasteiger partial charge in [-0.25, -0.2) is 8.42 Å². The molecule has 7 nitrogen and oxygen atoms in total. The first-order valence-corrected chi connectivity index (χ1v) is 13.2. The number of aryl methyl sites for hydroxylation is 1. The molecule has 9 heteroatoms. The molecule has 1 N–H and O–H groups in total. The predicted molar refractivity (Wildman–Crippen MR) is 135 cm³/mol. The molecule has 0 aromatic heterocycles. The lowest BCUT2D eigenvalue weighted by atomic mass is 10.1. The molecule has 2 rings (SSSR count). The quantitative estimate of drug-likeness (QED) is 0.553. The second-order valence-electron chi connectivity index (χ2n) is 9.17. The van der Waals surface area contributed by atoms with Crippen molar-refractivity contribution in [3.63, 3.8) is 0 Å². The molecule has 0 unspecified atom stereocenters. The van der Waals surface area contributed by atoms with E-state index < -0.39 is 34.1 Å². The fourth-order valence-corrected chi connectivity index (χ4v) is 4.51. The van der Waals surface area contributed by atoms with Gasteiger partial charge in [0, 0.05) is 16.6 Å². The van der Waals surface area contributed by atoms with Crippen molar-refractivity contribution in [1.82, 2.24) is 10.2 Å². The van der Waals surface area contributed by atoms with Gasteiger partial charge in [0.15, 0.2) is 0 Å². The highest BCUT2D eigenvalue weighted by Gasteiger charge is 2.31. The van der Waals surface area contributed by atoms with Crippen LogP contribution in [0.15, 0.2) is 53.0 Å². The number of benzene rings is 2. The Labute approximate surface area is 205 Å². The molecule has 0 aliphatic rings. The predicted octanol–water partition coefficient (Wildman–Crippen LogP) is 3.86. The monoisotopic (exact) mass is 537 g/mol. The van der Waals surface area contributed by atoms with E-state index in [9.17, 15) is 18.0 Å². The third-order valence-corrected chi connectivity index (χ3v) is 6.54. The molecule has 0 spiro atoms. The number of carbonyl (C=O) groups is 2. The van der Waals surface area contributed by atoms with Crippen molar-refractivity contribution in [2.75, 3.05) is 17.1 Å². The van der Waals surface area contributed by atoms with Gasteiger partial charge in [0.2, 0.25) is 21.8 Å². The topological polar surface area (TPSA) is 86.8 Å². The minimum Gasteiger partial charge on any atom is -0.350 e. The summed E-state index contributed by atoms with van der Waals surface area (Å²) in [7, 11) is -3.74. The summed E-state index contributed by atoms with van der Waals surface area (Å²) in [6.07, 6.45) is 1.06. The molecule has 0 radical (unpaired) electrons. The molecule has 0 aliphatic carbocycles. The molecule has 2 aromatic carbocycles. The van der Waals surface area contributed by atoms with Crippen LogP contribution in [0.5, 0.6) is 0 Å². The van der Waals surface area contributed by atoms with Crippen LogP contribution in [0, 0.1) is 6.92 Å². The van der Waals surface area contributed by atoms with Crippen molar-refractivity contribution in [2.24, 2.45) is 0 Å². The van der Waals surface area contributed by atoms with Gasteiger partial charge in [-0.1, -0.05) is 45.8 Å². The zero-order valence-electron chi connectivity index (χ0n) is 19.9. The van der Waals surface area contributed by atoms with E-state index in [1.54, 1.807) is 31.2 Å². The van der Waals surface area contributed by atoms with Gasteiger partial charge >= 0.3 is 0 Å². The Morgan fingerprint density at radius 3 is 2.21 bits per heavy atom. The van der Waals surface area contributed by atoms with Crippen LogP contribution in [-0.2, 0) is 26.2 Å². The van der Waals surface area contributed by atoms with Gasteiger partial charge in [-0.2, -0.15) is 0 Å². The SMILES string of the molecule is Cc1ccc(N(CC(=O)N(Cc2cccc(Br)c2)[C@@H](C)C(=O)NC(C)(C)C)S(C)(=O)=O)cc1. The summed E-state index contributed by atoms with van der Waals surface area (Å²) < 4.78 is 27.0. The van der Waals surface area contributed by atoms with Gasteiger partial charge in [-0.05, 0) is 64.4 Å². The van der Waals surface area contributed by atoms with Crippen LogP contribution in [0.2, 0.25) is 0 Å². The highest BCUT2D eigenvalue weighted by molar-refractivity contribution is 9.10. The minimum absolute atomic E-state index is 0.155. The summed E-state index contributed by atoms with van der Waals surface area (Å²) in [4.78, 5) is 27.8. The van der Waals surface area contributed by atoms with Gasteiger partial charge in [-0.15, -0.1) is 0 Å². The van der Waals surface area contributed by atoms with E-state index in [4.69, 9.17) is 0 Å². The standard InChI is InChI=1S/C24H32BrN3O4S/c1-17-10-12-21(13-11-17)28(33(6,31)32)16-22(29)27(15-19-8-7-9-20(25)14-19)18(2)23(30)26-24(3,4)5/h7-14,18H,15-16H2,1-6H3,(H,26,30)/t18-/m0/s1. The smallest absolute Gasteiger partial charge is 0.244 e. The molecule has 2 amide bonds. The molecule has 0 heterocycles. The average Bonchev–Trinajstić information content (AvgIpc) is 2.68. The molecule has 33 heavy (non-hydrogen) atoms. The largest absolute Gasteiger partial charge is 0.350 e. The Bertz CT molecular complexity index is 1100. The molecular weight excluding hydrogens is 506 g/mol. The molecule has 0 fully saturated rings. The molecule has 0 aliphatic heterocycles. The maximum Gasteiger partial charge on any atom is 0.244 e. The molecule has 2 aromatic rings. The summed E-state index contributed by atoms with van der Waals surface area (Å²) in [6, 6.07) is 13.5. The number of rotatable bonds is 8. The Hall–Kier alpha value is -2.39.